The molecular formula is C13H29NO2. The fourth-order valence-electron chi connectivity index (χ4n) is 1.51. The fourth-order valence-corrected chi connectivity index (χ4v) is 1.51. The second-order valence-corrected chi connectivity index (χ2v) is 4.58. The fraction of sp³-hybridized carbons (Fsp3) is 1.00. The molecule has 0 aromatic heterocycles. The van der Waals surface area contributed by atoms with E-state index in [1.54, 1.807) is 7.11 Å². The van der Waals surface area contributed by atoms with Gasteiger partial charge in [-0.25, -0.2) is 0 Å². The Kier molecular flexibility index (Phi) is 11.3. The summed E-state index contributed by atoms with van der Waals surface area (Å²) in [5.41, 5.74) is 0. The van der Waals surface area contributed by atoms with E-state index in [2.05, 4.69) is 26.1 Å². The molecule has 0 spiro atoms. The average molecular weight is 231 g/mol. The van der Waals surface area contributed by atoms with Crippen molar-refractivity contribution in [1.82, 2.24) is 5.32 Å². The molecule has 0 amide bonds. The number of ether oxygens (including phenoxy) is 2. The molecule has 0 rings (SSSR count). The van der Waals surface area contributed by atoms with E-state index in [1.165, 1.54) is 6.42 Å². The molecule has 0 aliphatic heterocycles. The molecule has 3 heteroatoms. The molecule has 0 aliphatic rings. The van der Waals surface area contributed by atoms with Gasteiger partial charge in [-0.2, -0.15) is 0 Å². The van der Waals surface area contributed by atoms with Crippen LogP contribution in [0.4, 0.5) is 0 Å². The summed E-state index contributed by atoms with van der Waals surface area (Å²) in [6.45, 7) is 10.2. The minimum Gasteiger partial charge on any atom is -0.385 e. The van der Waals surface area contributed by atoms with Gasteiger partial charge in [-0.15, -0.1) is 0 Å². The molecule has 98 valence electrons. The summed E-state index contributed by atoms with van der Waals surface area (Å²) in [5, 5.41) is 3.48. The van der Waals surface area contributed by atoms with E-state index in [1.807, 2.05) is 0 Å². The predicted octanol–water partition coefficient (Wildman–Crippen LogP) is 2.45. The van der Waals surface area contributed by atoms with Gasteiger partial charge in [-0.1, -0.05) is 27.2 Å². The minimum absolute atomic E-state index is 0.580. The number of hydrogen-bond donors (Lipinski definition) is 1. The first-order valence-corrected chi connectivity index (χ1v) is 6.50. The Balaban J connectivity index is 3.33. The zero-order valence-corrected chi connectivity index (χ0v) is 11.4. The van der Waals surface area contributed by atoms with Crippen molar-refractivity contribution in [3.05, 3.63) is 0 Å². The Morgan fingerprint density at radius 2 is 1.88 bits per heavy atom. The third-order valence-corrected chi connectivity index (χ3v) is 2.70. The number of nitrogens with one attached hydrogen (secondary N) is 1. The molecule has 0 saturated carbocycles. The first-order valence-electron chi connectivity index (χ1n) is 6.50. The molecule has 0 bridgehead atoms. The molecule has 0 aliphatic carbocycles. The lowest BCUT2D eigenvalue weighted by Gasteiger charge is -2.17. The Morgan fingerprint density at radius 3 is 2.44 bits per heavy atom. The van der Waals surface area contributed by atoms with Crippen LogP contribution in [0.15, 0.2) is 0 Å². The van der Waals surface area contributed by atoms with Gasteiger partial charge in [0.1, 0.15) is 0 Å². The first-order chi connectivity index (χ1) is 7.70. The number of hydrogen-bond acceptors (Lipinski definition) is 3. The normalized spacial score (nSPS) is 13.3. The van der Waals surface area contributed by atoms with Crippen molar-refractivity contribution in [2.75, 3.05) is 33.5 Å². The molecule has 0 aromatic carbocycles. The van der Waals surface area contributed by atoms with Crippen molar-refractivity contribution < 1.29 is 9.47 Å². The van der Waals surface area contributed by atoms with Crippen LogP contribution < -0.4 is 5.32 Å². The smallest absolute Gasteiger partial charge is 0.0487 e. The number of rotatable bonds is 11. The maximum atomic E-state index is 5.57. The molecule has 1 unspecified atom stereocenters. The molecule has 16 heavy (non-hydrogen) atoms. The zero-order chi connectivity index (χ0) is 12.2. The highest BCUT2D eigenvalue weighted by Gasteiger charge is 2.06. The van der Waals surface area contributed by atoms with E-state index in [9.17, 15) is 0 Å². The quantitative estimate of drug-likeness (QED) is 0.554. The van der Waals surface area contributed by atoms with Crippen LogP contribution in [-0.4, -0.2) is 39.5 Å². The molecule has 0 fully saturated rings. The van der Waals surface area contributed by atoms with Crippen LogP contribution >= 0.6 is 0 Å². The van der Waals surface area contributed by atoms with Crippen molar-refractivity contribution in [2.45, 2.75) is 46.1 Å². The van der Waals surface area contributed by atoms with Gasteiger partial charge in [0.25, 0.3) is 0 Å². The molecule has 1 atom stereocenters. The summed E-state index contributed by atoms with van der Waals surface area (Å²) in [4.78, 5) is 0. The van der Waals surface area contributed by atoms with Crippen molar-refractivity contribution in [2.24, 2.45) is 5.92 Å². The molecule has 3 nitrogen and oxygen atoms in total. The average Bonchev–Trinajstić information content (AvgIpc) is 2.27. The predicted molar refractivity (Wildman–Crippen MR) is 68.8 cm³/mol. The van der Waals surface area contributed by atoms with Crippen LogP contribution in [0.1, 0.15) is 40.0 Å². The highest BCUT2D eigenvalue weighted by molar-refractivity contribution is 4.62. The molecule has 0 heterocycles. The van der Waals surface area contributed by atoms with E-state index in [-0.39, 0.29) is 0 Å². The van der Waals surface area contributed by atoms with Crippen LogP contribution in [-0.2, 0) is 9.47 Å². The number of methoxy groups -OCH3 is 1. The second kappa shape index (κ2) is 11.4. The highest BCUT2D eigenvalue weighted by atomic mass is 16.5. The maximum Gasteiger partial charge on any atom is 0.0487 e. The van der Waals surface area contributed by atoms with Gasteiger partial charge >= 0.3 is 0 Å². The largest absolute Gasteiger partial charge is 0.385 e. The summed E-state index contributed by atoms with van der Waals surface area (Å²) in [7, 11) is 1.73. The Morgan fingerprint density at radius 1 is 1.12 bits per heavy atom. The van der Waals surface area contributed by atoms with E-state index < -0.39 is 0 Å². The van der Waals surface area contributed by atoms with Crippen LogP contribution in [0.25, 0.3) is 0 Å². The topological polar surface area (TPSA) is 30.5 Å². The Hall–Kier alpha value is -0.120. The van der Waals surface area contributed by atoms with Crippen LogP contribution in [0.2, 0.25) is 0 Å². The summed E-state index contributed by atoms with van der Waals surface area (Å²) in [6, 6.07) is 0.580. The summed E-state index contributed by atoms with van der Waals surface area (Å²) in [5.74, 6) is 0.741. The van der Waals surface area contributed by atoms with Gasteiger partial charge in [0, 0.05) is 33.0 Å². The summed E-state index contributed by atoms with van der Waals surface area (Å²) in [6.07, 6.45) is 3.38. The Labute approximate surface area is 101 Å². The molecule has 1 N–H and O–H groups in total. The van der Waals surface area contributed by atoms with Crippen LogP contribution in [0.5, 0.6) is 0 Å². The third kappa shape index (κ3) is 10.4. The minimum atomic E-state index is 0.580. The van der Waals surface area contributed by atoms with E-state index >= 15 is 0 Å². The first kappa shape index (κ1) is 15.9. The van der Waals surface area contributed by atoms with Gasteiger partial charge < -0.3 is 14.8 Å². The van der Waals surface area contributed by atoms with Gasteiger partial charge in [0.15, 0.2) is 0 Å². The van der Waals surface area contributed by atoms with Gasteiger partial charge in [0.2, 0.25) is 0 Å². The van der Waals surface area contributed by atoms with Gasteiger partial charge in [-0.3, -0.25) is 0 Å². The molecular weight excluding hydrogens is 202 g/mol. The van der Waals surface area contributed by atoms with Crippen molar-refractivity contribution in [3.8, 4) is 0 Å². The van der Waals surface area contributed by atoms with Crippen LogP contribution in [0, 0.1) is 5.92 Å². The van der Waals surface area contributed by atoms with E-state index in [4.69, 9.17) is 9.47 Å². The second-order valence-electron chi connectivity index (χ2n) is 4.58. The summed E-state index contributed by atoms with van der Waals surface area (Å²) < 4.78 is 10.5. The molecule has 0 aromatic rings. The maximum absolute atomic E-state index is 5.57. The monoisotopic (exact) mass is 231 g/mol. The summed E-state index contributed by atoms with van der Waals surface area (Å²) >= 11 is 0. The van der Waals surface area contributed by atoms with E-state index in [0.29, 0.717) is 6.04 Å². The lowest BCUT2D eigenvalue weighted by molar-refractivity contribution is 0.0930. The van der Waals surface area contributed by atoms with Crippen molar-refractivity contribution in [3.63, 3.8) is 0 Å². The van der Waals surface area contributed by atoms with E-state index in [0.717, 1.165) is 45.1 Å². The highest BCUT2D eigenvalue weighted by Crippen LogP contribution is 2.07. The lowest BCUT2D eigenvalue weighted by Crippen LogP contribution is -2.29. The molecule has 0 saturated heterocycles. The Bertz CT molecular complexity index is 140. The third-order valence-electron chi connectivity index (χ3n) is 2.70. The zero-order valence-electron chi connectivity index (χ0n) is 11.4. The molecule has 0 radical (unpaired) electrons. The van der Waals surface area contributed by atoms with Crippen molar-refractivity contribution >= 4 is 0 Å². The van der Waals surface area contributed by atoms with Crippen LogP contribution in [0.3, 0.4) is 0 Å². The van der Waals surface area contributed by atoms with Crippen molar-refractivity contribution in [1.29, 1.82) is 0 Å². The van der Waals surface area contributed by atoms with Gasteiger partial charge in [-0.05, 0) is 25.3 Å². The SMILES string of the molecule is CCC(CCOCCCOC)CNC(C)C. The van der Waals surface area contributed by atoms with Gasteiger partial charge in [0.05, 0.1) is 0 Å². The standard InChI is InChI=1S/C13H29NO2/c1-5-13(11-14-12(2)3)7-10-16-9-6-8-15-4/h12-14H,5-11H2,1-4H3. The lowest BCUT2D eigenvalue weighted by atomic mass is 10.0.